The van der Waals surface area contributed by atoms with E-state index in [0.29, 0.717) is 29.4 Å². The Balaban J connectivity index is 2.17. The molecule has 0 aromatic heterocycles. The molecule has 0 unspecified atom stereocenters. The lowest BCUT2D eigenvalue weighted by Gasteiger charge is -2.10. The molecule has 0 spiro atoms. The molecule has 0 saturated heterocycles. The van der Waals surface area contributed by atoms with Crippen LogP contribution in [0.15, 0.2) is 48.5 Å². The maximum atomic E-state index is 12.3. The molecule has 0 N–H and O–H groups in total. The van der Waals surface area contributed by atoms with E-state index in [1.165, 1.54) is 6.08 Å². The number of terminal acetylenes is 1. The number of allylic oxidation sites excluding steroid dienone is 1. The number of hydrogen-bond acceptors (Lipinski definition) is 4. The highest BCUT2D eigenvalue weighted by Gasteiger charge is 2.06. The van der Waals surface area contributed by atoms with Crippen LogP contribution in [0.4, 0.5) is 0 Å². The predicted molar refractivity (Wildman–Crippen MR) is 98.3 cm³/mol. The highest BCUT2D eigenvalue weighted by atomic mass is 16.5. The van der Waals surface area contributed by atoms with Gasteiger partial charge in [0.05, 0.1) is 13.7 Å². The lowest BCUT2D eigenvalue weighted by atomic mass is 10.1. The number of rotatable bonds is 8. The minimum atomic E-state index is -0.107. The third-order valence-electron chi connectivity index (χ3n) is 3.36. The molecule has 0 aliphatic heterocycles. The summed E-state index contributed by atoms with van der Waals surface area (Å²) >= 11 is 0. The zero-order valence-corrected chi connectivity index (χ0v) is 14.3. The van der Waals surface area contributed by atoms with Crippen LogP contribution in [0, 0.1) is 12.3 Å². The lowest BCUT2D eigenvalue weighted by Crippen LogP contribution is -1.99. The van der Waals surface area contributed by atoms with E-state index in [-0.39, 0.29) is 12.4 Å². The van der Waals surface area contributed by atoms with Gasteiger partial charge in [0.1, 0.15) is 12.4 Å². The Hall–Kier alpha value is -3.19. The normalized spacial score (nSPS) is 10.3. The maximum absolute atomic E-state index is 12.3. The Morgan fingerprint density at radius 2 is 2.00 bits per heavy atom. The number of carbonyl (C=O) groups is 1. The van der Waals surface area contributed by atoms with Crippen molar-refractivity contribution in [1.29, 1.82) is 0 Å². The number of benzene rings is 2. The van der Waals surface area contributed by atoms with Gasteiger partial charge in [-0.25, -0.2) is 0 Å². The third-order valence-corrected chi connectivity index (χ3v) is 3.36. The fraction of sp³-hybridized carbons (Fsp3) is 0.190. The van der Waals surface area contributed by atoms with Gasteiger partial charge in [0, 0.05) is 5.56 Å². The molecule has 2 rings (SSSR count). The van der Waals surface area contributed by atoms with Crippen molar-refractivity contribution in [3.8, 4) is 29.6 Å². The zero-order chi connectivity index (χ0) is 18.1. The third kappa shape index (κ3) is 5.15. The first-order valence-corrected chi connectivity index (χ1v) is 7.87. The van der Waals surface area contributed by atoms with Gasteiger partial charge in [-0.3, -0.25) is 4.79 Å². The Morgan fingerprint density at radius 1 is 1.16 bits per heavy atom. The van der Waals surface area contributed by atoms with Crippen molar-refractivity contribution in [1.82, 2.24) is 0 Å². The van der Waals surface area contributed by atoms with Gasteiger partial charge in [0.25, 0.3) is 0 Å². The smallest absolute Gasteiger partial charge is 0.185 e. The highest BCUT2D eigenvalue weighted by Crippen LogP contribution is 2.29. The first-order valence-electron chi connectivity index (χ1n) is 7.87. The lowest BCUT2D eigenvalue weighted by molar-refractivity contribution is 0.104. The van der Waals surface area contributed by atoms with Crippen LogP contribution in [0.2, 0.25) is 0 Å². The first kappa shape index (κ1) is 18.2. The summed E-state index contributed by atoms with van der Waals surface area (Å²) in [6, 6.07) is 12.5. The molecule has 0 heterocycles. The molecule has 25 heavy (non-hydrogen) atoms. The van der Waals surface area contributed by atoms with E-state index in [1.807, 2.05) is 19.1 Å². The molecule has 0 aliphatic carbocycles. The van der Waals surface area contributed by atoms with E-state index in [0.717, 1.165) is 5.56 Å². The average molecular weight is 336 g/mol. The van der Waals surface area contributed by atoms with Crippen molar-refractivity contribution in [2.75, 3.05) is 20.3 Å². The molecule has 4 heteroatoms. The van der Waals surface area contributed by atoms with Crippen molar-refractivity contribution in [3.63, 3.8) is 0 Å². The zero-order valence-electron chi connectivity index (χ0n) is 14.3. The average Bonchev–Trinajstić information content (AvgIpc) is 2.65. The molecule has 128 valence electrons. The van der Waals surface area contributed by atoms with Gasteiger partial charge in [0.2, 0.25) is 0 Å². The predicted octanol–water partition coefficient (Wildman–Crippen LogP) is 4.00. The maximum Gasteiger partial charge on any atom is 0.185 e. The van der Waals surface area contributed by atoms with Gasteiger partial charge in [0.15, 0.2) is 17.3 Å². The van der Waals surface area contributed by atoms with Crippen molar-refractivity contribution in [2.24, 2.45) is 0 Å². The number of ether oxygens (including phenoxy) is 3. The van der Waals surface area contributed by atoms with Gasteiger partial charge in [-0.05, 0) is 42.8 Å². The summed E-state index contributed by atoms with van der Waals surface area (Å²) in [7, 11) is 1.57. The van der Waals surface area contributed by atoms with Crippen LogP contribution in [0.3, 0.4) is 0 Å². The quantitative estimate of drug-likeness (QED) is 0.415. The van der Waals surface area contributed by atoms with Crippen LogP contribution in [-0.4, -0.2) is 26.1 Å². The molecule has 0 atom stereocenters. The van der Waals surface area contributed by atoms with Crippen LogP contribution in [0.5, 0.6) is 17.2 Å². The number of ketones is 1. The van der Waals surface area contributed by atoms with Gasteiger partial charge in [-0.2, -0.15) is 0 Å². The fourth-order valence-electron chi connectivity index (χ4n) is 2.18. The second kappa shape index (κ2) is 9.19. The molecule has 4 nitrogen and oxygen atoms in total. The standard InChI is InChI=1S/C21H20O4/c1-4-13-25-20-12-10-16(14-21(20)24-5-2)9-11-19(22)17-7-6-8-18(15-17)23-3/h1,6-12,14-15H,5,13H2,2-3H3. The summed E-state index contributed by atoms with van der Waals surface area (Å²) in [5.41, 5.74) is 1.39. The summed E-state index contributed by atoms with van der Waals surface area (Å²) in [5, 5.41) is 0. The Morgan fingerprint density at radius 3 is 2.72 bits per heavy atom. The van der Waals surface area contributed by atoms with Crippen molar-refractivity contribution in [3.05, 3.63) is 59.7 Å². The SMILES string of the molecule is C#CCOc1ccc(C=CC(=O)c2cccc(OC)c2)cc1OCC. The summed E-state index contributed by atoms with van der Waals surface area (Å²) in [6.07, 6.45) is 8.46. The Bertz CT molecular complexity index is 800. The number of carbonyl (C=O) groups excluding carboxylic acids is 1. The first-order chi connectivity index (χ1) is 12.2. The van der Waals surface area contributed by atoms with Crippen LogP contribution in [-0.2, 0) is 0 Å². The molecule has 0 amide bonds. The summed E-state index contributed by atoms with van der Waals surface area (Å²) in [6.45, 7) is 2.56. The second-order valence-electron chi connectivity index (χ2n) is 5.06. The summed E-state index contributed by atoms with van der Waals surface area (Å²) in [4.78, 5) is 12.3. The van der Waals surface area contributed by atoms with Crippen LogP contribution < -0.4 is 14.2 Å². The van der Waals surface area contributed by atoms with Crippen molar-refractivity contribution >= 4 is 11.9 Å². The number of methoxy groups -OCH3 is 1. The summed E-state index contributed by atoms with van der Waals surface area (Å²) < 4.78 is 16.2. The monoisotopic (exact) mass is 336 g/mol. The van der Waals surface area contributed by atoms with Crippen molar-refractivity contribution in [2.45, 2.75) is 6.92 Å². The highest BCUT2D eigenvalue weighted by molar-refractivity contribution is 6.07. The van der Waals surface area contributed by atoms with Crippen LogP contribution >= 0.6 is 0 Å². The minimum Gasteiger partial charge on any atom is -0.497 e. The van der Waals surface area contributed by atoms with E-state index in [2.05, 4.69) is 5.92 Å². The van der Waals surface area contributed by atoms with Gasteiger partial charge in [-0.15, -0.1) is 6.42 Å². The van der Waals surface area contributed by atoms with Crippen LogP contribution in [0.1, 0.15) is 22.8 Å². The van der Waals surface area contributed by atoms with E-state index in [4.69, 9.17) is 20.6 Å². The van der Waals surface area contributed by atoms with Gasteiger partial charge < -0.3 is 14.2 Å². The summed E-state index contributed by atoms with van der Waals surface area (Å²) in [5.74, 6) is 4.13. The minimum absolute atomic E-state index is 0.107. The number of hydrogen-bond donors (Lipinski definition) is 0. The molecule has 2 aromatic rings. The van der Waals surface area contributed by atoms with Crippen molar-refractivity contribution < 1.29 is 19.0 Å². The molecule has 0 fully saturated rings. The van der Waals surface area contributed by atoms with Gasteiger partial charge in [-0.1, -0.05) is 30.2 Å². The van der Waals surface area contributed by atoms with E-state index >= 15 is 0 Å². The largest absolute Gasteiger partial charge is 0.497 e. The van der Waals surface area contributed by atoms with E-state index in [1.54, 1.807) is 43.5 Å². The molecule has 0 saturated carbocycles. The molecule has 0 radical (unpaired) electrons. The molecular formula is C21H20O4. The molecule has 0 aliphatic rings. The Kier molecular flexibility index (Phi) is 6.67. The topological polar surface area (TPSA) is 44.8 Å². The van der Waals surface area contributed by atoms with Gasteiger partial charge >= 0.3 is 0 Å². The molecule has 0 bridgehead atoms. The van der Waals surface area contributed by atoms with E-state index in [9.17, 15) is 4.79 Å². The van der Waals surface area contributed by atoms with Crippen LogP contribution in [0.25, 0.3) is 6.08 Å². The van der Waals surface area contributed by atoms with E-state index < -0.39 is 0 Å². The Labute approximate surface area is 148 Å². The fourth-order valence-corrected chi connectivity index (χ4v) is 2.18. The molecular weight excluding hydrogens is 316 g/mol. The second-order valence-corrected chi connectivity index (χ2v) is 5.06. The molecule has 2 aromatic carbocycles.